The first kappa shape index (κ1) is 23.4. The lowest BCUT2D eigenvalue weighted by Gasteiger charge is -2.38. The van der Waals surface area contributed by atoms with Crippen LogP contribution in [0.15, 0.2) is 53.7 Å². The zero-order valence-corrected chi connectivity index (χ0v) is 19.2. The molecule has 8 nitrogen and oxygen atoms in total. The third-order valence-corrected chi connectivity index (χ3v) is 5.55. The van der Waals surface area contributed by atoms with Crippen molar-refractivity contribution in [2.75, 3.05) is 25.2 Å². The van der Waals surface area contributed by atoms with Gasteiger partial charge in [0.25, 0.3) is 5.69 Å². The first-order valence-electron chi connectivity index (χ1n) is 10.0. The molecule has 3 rings (SSSR count). The van der Waals surface area contributed by atoms with E-state index in [9.17, 15) is 14.9 Å². The Labute approximate surface area is 192 Å². The van der Waals surface area contributed by atoms with Crippen LogP contribution in [0.4, 0.5) is 11.4 Å². The zero-order valence-electron chi connectivity index (χ0n) is 18.4. The van der Waals surface area contributed by atoms with Gasteiger partial charge in [0.05, 0.1) is 28.8 Å². The van der Waals surface area contributed by atoms with Gasteiger partial charge in [-0.15, -0.1) is 0 Å². The Morgan fingerprint density at radius 1 is 1.19 bits per heavy atom. The van der Waals surface area contributed by atoms with Crippen molar-refractivity contribution in [2.24, 2.45) is 0 Å². The third kappa shape index (κ3) is 4.79. The van der Waals surface area contributed by atoms with Gasteiger partial charge in [-0.25, -0.2) is 4.79 Å². The lowest BCUT2D eigenvalue weighted by molar-refractivity contribution is -0.384. The monoisotopic (exact) mass is 455 g/mol. The van der Waals surface area contributed by atoms with Crippen molar-refractivity contribution < 1.29 is 19.2 Å². The molecule has 2 aromatic rings. The first-order valence-corrected chi connectivity index (χ1v) is 10.4. The number of methoxy groups -OCH3 is 1. The predicted molar refractivity (Wildman–Crippen MR) is 126 cm³/mol. The van der Waals surface area contributed by atoms with Gasteiger partial charge in [-0.05, 0) is 55.7 Å². The molecule has 0 spiro atoms. The summed E-state index contributed by atoms with van der Waals surface area (Å²) in [7, 11) is 1.52. The Balaban J connectivity index is 2.14. The standard InChI is InChI=1S/C23H25N3O5S/c1-14-8-9-15(2)19(12-14)25-16(3)20(22(27)31-11-10-30-4)21(24-23(25)32)17-6-5-7-18(13-17)26(28)29/h5-9,12-13,21H,10-11H2,1-4H3,(H,24,32). The van der Waals surface area contributed by atoms with E-state index in [4.69, 9.17) is 21.7 Å². The van der Waals surface area contributed by atoms with Crippen LogP contribution in [0.1, 0.15) is 29.7 Å². The summed E-state index contributed by atoms with van der Waals surface area (Å²) in [5.74, 6) is -0.540. The number of rotatable bonds is 7. The van der Waals surface area contributed by atoms with E-state index in [-0.39, 0.29) is 18.9 Å². The van der Waals surface area contributed by atoms with Crippen LogP contribution >= 0.6 is 12.2 Å². The number of ether oxygens (including phenoxy) is 2. The number of hydrogen-bond acceptors (Lipinski definition) is 6. The summed E-state index contributed by atoms with van der Waals surface area (Å²) >= 11 is 5.67. The molecule has 0 amide bonds. The van der Waals surface area contributed by atoms with Crippen LogP contribution in [0.5, 0.6) is 0 Å². The Hall–Kier alpha value is -3.30. The predicted octanol–water partition coefficient (Wildman–Crippen LogP) is 4.11. The minimum Gasteiger partial charge on any atom is -0.460 e. The number of aryl methyl sites for hydroxylation is 2. The number of allylic oxidation sites excluding steroid dienone is 1. The highest BCUT2D eigenvalue weighted by Crippen LogP contribution is 2.36. The number of nitrogens with zero attached hydrogens (tertiary/aromatic N) is 2. The molecule has 32 heavy (non-hydrogen) atoms. The van der Waals surface area contributed by atoms with Crippen LogP contribution in [-0.4, -0.2) is 36.3 Å². The fraction of sp³-hybridized carbons (Fsp3) is 0.304. The summed E-state index contributed by atoms with van der Waals surface area (Å²) in [6, 6.07) is 11.4. The zero-order chi connectivity index (χ0) is 23.4. The first-order chi connectivity index (χ1) is 15.2. The maximum Gasteiger partial charge on any atom is 0.338 e. The molecule has 1 unspecified atom stereocenters. The van der Waals surface area contributed by atoms with Crippen LogP contribution in [-0.2, 0) is 14.3 Å². The van der Waals surface area contributed by atoms with Gasteiger partial charge in [-0.2, -0.15) is 0 Å². The summed E-state index contributed by atoms with van der Waals surface area (Å²) in [5, 5.41) is 14.9. The van der Waals surface area contributed by atoms with Gasteiger partial charge in [-0.1, -0.05) is 24.3 Å². The van der Waals surface area contributed by atoms with Crippen LogP contribution in [0.3, 0.4) is 0 Å². The SMILES string of the molecule is COCCOC(=O)C1=C(C)N(c2cc(C)ccc2C)C(=S)NC1c1cccc([N+](=O)[O-])c1. The van der Waals surface area contributed by atoms with Crippen molar-refractivity contribution in [1.29, 1.82) is 0 Å². The molecule has 0 saturated carbocycles. The topological polar surface area (TPSA) is 93.9 Å². The van der Waals surface area contributed by atoms with Gasteiger partial charge in [-0.3, -0.25) is 15.0 Å². The number of hydrogen-bond donors (Lipinski definition) is 1. The van der Waals surface area contributed by atoms with E-state index < -0.39 is 16.9 Å². The molecule has 9 heteroatoms. The van der Waals surface area contributed by atoms with Crippen molar-refractivity contribution in [1.82, 2.24) is 5.32 Å². The maximum absolute atomic E-state index is 13.1. The quantitative estimate of drug-likeness (QED) is 0.219. The molecule has 1 aliphatic heterocycles. The fourth-order valence-corrected chi connectivity index (χ4v) is 3.97. The number of esters is 1. The number of non-ortho nitro benzene ring substituents is 1. The number of nitro groups is 1. The van der Waals surface area contributed by atoms with Crippen LogP contribution in [0, 0.1) is 24.0 Å². The number of anilines is 1. The molecule has 168 valence electrons. The second-order valence-corrected chi connectivity index (χ2v) is 7.87. The van der Waals surface area contributed by atoms with Crippen LogP contribution < -0.4 is 10.2 Å². The number of nitrogens with one attached hydrogen (secondary N) is 1. The van der Waals surface area contributed by atoms with E-state index in [1.165, 1.54) is 19.2 Å². The highest BCUT2D eigenvalue weighted by Gasteiger charge is 2.36. The highest BCUT2D eigenvalue weighted by molar-refractivity contribution is 7.80. The summed E-state index contributed by atoms with van der Waals surface area (Å²) in [6.07, 6.45) is 0. The van der Waals surface area contributed by atoms with Crippen LogP contribution in [0.2, 0.25) is 0 Å². The molecule has 0 bridgehead atoms. The smallest absolute Gasteiger partial charge is 0.338 e. The summed E-state index contributed by atoms with van der Waals surface area (Å²) in [4.78, 5) is 25.8. The summed E-state index contributed by atoms with van der Waals surface area (Å²) in [5.41, 5.74) is 4.28. The van der Waals surface area contributed by atoms with Gasteiger partial charge >= 0.3 is 5.97 Å². The van der Waals surface area contributed by atoms with Crippen molar-refractivity contribution >= 4 is 34.7 Å². The molecule has 0 radical (unpaired) electrons. The molecule has 1 N–H and O–H groups in total. The van der Waals surface area contributed by atoms with E-state index in [1.807, 2.05) is 32.0 Å². The lowest BCUT2D eigenvalue weighted by Crippen LogP contribution is -2.48. The van der Waals surface area contributed by atoms with Crippen LogP contribution in [0.25, 0.3) is 0 Å². The van der Waals surface area contributed by atoms with E-state index in [0.717, 1.165) is 16.8 Å². The van der Waals surface area contributed by atoms with Crippen molar-refractivity contribution in [2.45, 2.75) is 26.8 Å². The van der Waals surface area contributed by atoms with Crippen molar-refractivity contribution in [3.63, 3.8) is 0 Å². The van der Waals surface area contributed by atoms with Gasteiger partial charge < -0.3 is 14.8 Å². The molecular formula is C23H25N3O5S. The minimum absolute atomic E-state index is 0.0723. The van der Waals surface area contributed by atoms with E-state index in [2.05, 4.69) is 5.32 Å². The Bertz CT molecular complexity index is 1100. The van der Waals surface area contributed by atoms with Gasteiger partial charge in [0.2, 0.25) is 0 Å². The Morgan fingerprint density at radius 2 is 1.94 bits per heavy atom. The number of nitro benzene ring substituents is 1. The molecule has 0 aliphatic carbocycles. The molecule has 2 aromatic carbocycles. The molecule has 0 aromatic heterocycles. The third-order valence-electron chi connectivity index (χ3n) is 5.25. The van der Waals surface area contributed by atoms with E-state index >= 15 is 0 Å². The fourth-order valence-electron chi connectivity index (χ4n) is 3.62. The van der Waals surface area contributed by atoms with Crippen molar-refractivity contribution in [3.05, 3.63) is 80.5 Å². The normalized spacial score (nSPS) is 16.1. The minimum atomic E-state index is -0.696. The second-order valence-electron chi connectivity index (χ2n) is 7.49. The molecular weight excluding hydrogens is 430 g/mol. The molecule has 0 fully saturated rings. The Morgan fingerprint density at radius 3 is 2.62 bits per heavy atom. The largest absolute Gasteiger partial charge is 0.460 e. The van der Waals surface area contributed by atoms with E-state index in [1.54, 1.807) is 24.0 Å². The molecule has 0 saturated heterocycles. The van der Waals surface area contributed by atoms with Crippen molar-refractivity contribution in [3.8, 4) is 0 Å². The van der Waals surface area contributed by atoms with Gasteiger partial charge in [0.1, 0.15) is 6.61 Å². The van der Waals surface area contributed by atoms with Gasteiger partial charge in [0.15, 0.2) is 5.11 Å². The average molecular weight is 456 g/mol. The summed E-state index contributed by atoms with van der Waals surface area (Å²) < 4.78 is 10.4. The molecule has 1 heterocycles. The van der Waals surface area contributed by atoms with Gasteiger partial charge in [0, 0.05) is 24.9 Å². The van der Waals surface area contributed by atoms with E-state index in [0.29, 0.717) is 21.9 Å². The number of carbonyl (C=O) groups is 1. The highest BCUT2D eigenvalue weighted by atomic mass is 32.1. The number of thiocarbonyl (C=S) groups is 1. The molecule has 1 atom stereocenters. The summed E-state index contributed by atoms with van der Waals surface area (Å²) in [6.45, 7) is 6.09. The second kappa shape index (κ2) is 9.88. The number of carbonyl (C=O) groups excluding carboxylic acids is 1. The Kier molecular flexibility index (Phi) is 7.22. The molecule has 1 aliphatic rings. The maximum atomic E-state index is 13.1. The average Bonchev–Trinajstić information content (AvgIpc) is 2.75. The lowest BCUT2D eigenvalue weighted by atomic mass is 9.94. The number of benzene rings is 2.